The van der Waals surface area contributed by atoms with Gasteiger partial charge in [-0.1, -0.05) is 29.8 Å². The molecule has 4 heterocycles. The number of nitrogens with one attached hydrogen (secondary N) is 5. The first-order valence-electron chi connectivity index (χ1n) is 21.1. The second kappa shape index (κ2) is 19.6. The number of carbonyl (C=O) groups is 4. The van der Waals surface area contributed by atoms with Crippen molar-refractivity contribution in [1.29, 1.82) is 0 Å². The van der Waals surface area contributed by atoms with Crippen LogP contribution in [0.5, 0.6) is 0 Å². The lowest BCUT2D eigenvalue weighted by Crippen LogP contribution is -2.48. The predicted molar refractivity (Wildman–Crippen MR) is 242 cm³/mol. The molecule has 1 atom stereocenters. The number of carbonyl (C=O) groups excluding carboxylic acids is 4. The Bertz CT molecular complexity index is 2460. The topological polar surface area (TPSA) is 190 Å². The number of piperazine rings is 1. The molecule has 8 rings (SSSR count). The van der Waals surface area contributed by atoms with Crippen molar-refractivity contribution in [2.45, 2.75) is 38.1 Å². The average molecular weight is 874 g/mol. The van der Waals surface area contributed by atoms with Gasteiger partial charge in [0.1, 0.15) is 6.04 Å². The van der Waals surface area contributed by atoms with E-state index in [0.717, 1.165) is 82.6 Å². The highest BCUT2D eigenvalue weighted by molar-refractivity contribution is 6.33. The molecule has 0 aliphatic carbocycles. The molecule has 0 radical (unpaired) electrons. The molecule has 1 aromatic heterocycles. The average Bonchev–Trinajstić information content (AvgIpc) is 3.29. The Morgan fingerprint density at radius 3 is 2.25 bits per heavy atom. The first kappa shape index (κ1) is 43.0. The van der Waals surface area contributed by atoms with Gasteiger partial charge in [-0.2, -0.15) is 4.98 Å². The largest absolute Gasteiger partial charge is 0.374 e. The van der Waals surface area contributed by atoms with Crippen molar-refractivity contribution in [3.63, 3.8) is 0 Å². The third-order valence-corrected chi connectivity index (χ3v) is 12.1. The maximum absolute atomic E-state index is 14.9. The number of amides is 4. The van der Waals surface area contributed by atoms with Crippen LogP contribution in [0, 0.1) is 11.7 Å². The monoisotopic (exact) mass is 873 g/mol. The second-order valence-corrected chi connectivity index (χ2v) is 16.4. The lowest BCUT2D eigenvalue weighted by atomic mass is 9.94. The number of nitrogens with two attached hydrogens (primary N) is 1. The van der Waals surface area contributed by atoms with Crippen LogP contribution in [-0.4, -0.2) is 95.4 Å². The fraction of sp³-hybridized carbons (Fsp3) is 0.304. The zero-order valence-corrected chi connectivity index (χ0v) is 35.3. The molecule has 5 aromatic rings. The van der Waals surface area contributed by atoms with E-state index in [2.05, 4.69) is 58.6 Å². The first-order chi connectivity index (χ1) is 30.5. The predicted octanol–water partition coefficient (Wildman–Crippen LogP) is 6.31. The van der Waals surface area contributed by atoms with E-state index in [-0.39, 0.29) is 35.1 Å². The summed E-state index contributed by atoms with van der Waals surface area (Å²) in [5.41, 5.74) is 13.6. The van der Waals surface area contributed by atoms with Gasteiger partial charge in [0.25, 0.3) is 5.91 Å². The van der Waals surface area contributed by atoms with Crippen LogP contribution < -0.4 is 37.3 Å². The summed E-state index contributed by atoms with van der Waals surface area (Å²) in [6, 6.07) is 26.5. The van der Waals surface area contributed by atoms with Gasteiger partial charge in [0, 0.05) is 90.2 Å². The summed E-state index contributed by atoms with van der Waals surface area (Å²) in [7, 11) is 0. The van der Waals surface area contributed by atoms with Crippen molar-refractivity contribution in [1.82, 2.24) is 30.6 Å². The Kier molecular flexibility index (Phi) is 13.4. The van der Waals surface area contributed by atoms with Crippen LogP contribution in [0.15, 0.2) is 97.2 Å². The fourth-order valence-corrected chi connectivity index (χ4v) is 8.40. The molecule has 3 aliphatic rings. The fourth-order valence-electron chi connectivity index (χ4n) is 8.16. The van der Waals surface area contributed by atoms with E-state index in [0.29, 0.717) is 51.8 Å². The van der Waals surface area contributed by atoms with Crippen molar-refractivity contribution < 1.29 is 23.6 Å². The molecule has 4 aromatic carbocycles. The first-order valence-corrected chi connectivity index (χ1v) is 21.5. The number of imide groups is 1. The third kappa shape index (κ3) is 10.9. The number of hydrazine groups is 1. The number of nitrogens with zero attached hydrogens (tertiary/aromatic N) is 5. The molecule has 0 spiro atoms. The van der Waals surface area contributed by atoms with E-state index in [1.165, 1.54) is 0 Å². The Hall–Kier alpha value is -6.62. The van der Waals surface area contributed by atoms with Crippen LogP contribution in [0.1, 0.15) is 52.8 Å². The minimum atomic E-state index is -0.686. The summed E-state index contributed by atoms with van der Waals surface area (Å²) in [6.45, 7) is 6.51. The Morgan fingerprint density at radius 2 is 1.54 bits per heavy atom. The number of hydrogen-bond acceptors (Lipinski definition) is 12. The molecule has 0 saturated carbocycles. The van der Waals surface area contributed by atoms with E-state index in [1.807, 2.05) is 17.1 Å². The van der Waals surface area contributed by atoms with E-state index < -0.39 is 17.8 Å². The number of rotatable bonds is 14. The summed E-state index contributed by atoms with van der Waals surface area (Å²) >= 11 is 6.41. The number of primary amides is 1. The van der Waals surface area contributed by atoms with Crippen LogP contribution >= 0.6 is 11.6 Å². The summed E-state index contributed by atoms with van der Waals surface area (Å²) in [5, 5.41) is 14.1. The second-order valence-electron chi connectivity index (χ2n) is 16.0. The van der Waals surface area contributed by atoms with E-state index >= 15 is 0 Å². The molecule has 4 amide bonds. The molecular weight excluding hydrogens is 825 g/mol. The lowest BCUT2D eigenvalue weighted by Gasteiger charge is -2.37. The van der Waals surface area contributed by atoms with Gasteiger partial charge in [0.2, 0.25) is 23.7 Å². The van der Waals surface area contributed by atoms with Gasteiger partial charge in [-0.05, 0) is 117 Å². The molecule has 0 bridgehead atoms. The molecule has 15 nitrogen and oxygen atoms in total. The number of aromatic nitrogens is 2. The number of anilines is 6. The highest BCUT2D eigenvalue weighted by Crippen LogP contribution is 2.34. The molecule has 1 unspecified atom stereocenters. The number of benzene rings is 4. The van der Waals surface area contributed by atoms with Gasteiger partial charge in [-0.3, -0.25) is 34.8 Å². The summed E-state index contributed by atoms with van der Waals surface area (Å²) < 4.78 is 14.9. The summed E-state index contributed by atoms with van der Waals surface area (Å²) in [5.74, 6) is -1.36. The van der Waals surface area contributed by atoms with Gasteiger partial charge >= 0.3 is 0 Å². The number of hydrogen-bond donors (Lipinski definition) is 6. The molecule has 7 N–H and O–H groups in total. The van der Waals surface area contributed by atoms with Crippen LogP contribution in [0.2, 0.25) is 5.02 Å². The van der Waals surface area contributed by atoms with E-state index in [1.54, 1.807) is 66.7 Å². The van der Waals surface area contributed by atoms with E-state index in [4.69, 9.17) is 17.3 Å². The summed E-state index contributed by atoms with van der Waals surface area (Å²) in [4.78, 5) is 62.2. The zero-order valence-electron chi connectivity index (χ0n) is 34.6. The van der Waals surface area contributed by atoms with Crippen molar-refractivity contribution in [3.8, 4) is 11.1 Å². The summed E-state index contributed by atoms with van der Waals surface area (Å²) in [6.07, 6.45) is 5.04. The van der Waals surface area contributed by atoms with Gasteiger partial charge in [0.05, 0.1) is 6.20 Å². The highest BCUT2D eigenvalue weighted by Gasteiger charge is 2.27. The van der Waals surface area contributed by atoms with Crippen molar-refractivity contribution in [2.75, 3.05) is 66.7 Å². The van der Waals surface area contributed by atoms with Gasteiger partial charge in [-0.15, -0.1) is 0 Å². The van der Waals surface area contributed by atoms with Gasteiger partial charge in [0.15, 0.2) is 11.6 Å². The minimum Gasteiger partial charge on any atom is -0.374 e. The number of halogens is 2. The molecule has 17 heteroatoms. The lowest BCUT2D eigenvalue weighted by molar-refractivity contribution is -0.133. The zero-order chi connectivity index (χ0) is 43.9. The van der Waals surface area contributed by atoms with Crippen LogP contribution in [-0.2, 0) is 9.59 Å². The standard InChI is InChI=1S/C46H49ClFN11O4/c47-38-4-2-1-3-35(38)37-27-33(11-14-36(37)42(49)61)52-43-39(48)28-50-46(55-43)53-32-7-5-30(6-8-32)44(62)56-59-21-18-29(19-22-59)17-20-57-23-25-58(26-24-57)34-12-9-31(10-13-34)51-40-15-16-41(60)54-45(40)63/h1-14,27-29,40,51H,15-26H2,(H2,49,61)(H,56,62)(H,54,60,63)(H2,50,52,53,55). The molecule has 3 saturated heterocycles. The van der Waals surface area contributed by atoms with Crippen LogP contribution in [0.25, 0.3) is 11.1 Å². The Balaban J connectivity index is 0.758. The van der Waals surface area contributed by atoms with Crippen LogP contribution in [0.3, 0.4) is 0 Å². The maximum Gasteiger partial charge on any atom is 0.265 e. The minimum absolute atomic E-state index is 0.0915. The van der Waals surface area contributed by atoms with Gasteiger partial charge in [-0.25, -0.2) is 14.4 Å². The Labute approximate surface area is 369 Å². The SMILES string of the molecule is NC(=O)c1ccc(Nc2nc(Nc3ccc(C(=O)NN4CCC(CCN5CCN(c6ccc(NC7CCC(=O)NC7=O)cc6)CC5)CC4)cc3)ncc2F)cc1-c1ccccc1Cl. The molecule has 3 aliphatic heterocycles. The van der Waals surface area contributed by atoms with E-state index in [9.17, 15) is 23.6 Å². The third-order valence-electron chi connectivity index (χ3n) is 11.8. The van der Waals surface area contributed by atoms with Crippen LogP contribution in [0.4, 0.5) is 38.9 Å². The number of piperidine rings is 2. The van der Waals surface area contributed by atoms with Crippen molar-refractivity contribution >= 4 is 69.7 Å². The quantitative estimate of drug-likeness (QED) is 0.0684. The highest BCUT2D eigenvalue weighted by atomic mass is 35.5. The molecular formula is C46H49ClFN11O4. The normalized spacial score (nSPS) is 17.5. The Morgan fingerprint density at radius 1 is 0.825 bits per heavy atom. The van der Waals surface area contributed by atoms with Gasteiger partial charge < -0.3 is 26.6 Å². The molecule has 3 fully saturated rings. The molecule has 326 valence electrons. The van der Waals surface area contributed by atoms with Crippen molar-refractivity contribution in [3.05, 3.63) is 119 Å². The molecule has 63 heavy (non-hydrogen) atoms. The maximum atomic E-state index is 14.9. The van der Waals surface area contributed by atoms with Crippen molar-refractivity contribution in [2.24, 2.45) is 11.7 Å². The smallest absolute Gasteiger partial charge is 0.265 e.